The van der Waals surface area contributed by atoms with Gasteiger partial charge in [0.25, 0.3) is 0 Å². The molecule has 10 rings (SSSR count). The molecule has 0 saturated carbocycles. The zero-order valence-electron chi connectivity index (χ0n) is 67.5. The number of pyridine rings is 3. The van der Waals surface area contributed by atoms with E-state index >= 15 is 0 Å². The third-order valence-electron chi connectivity index (χ3n) is 22.7. The Morgan fingerprint density at radius 2 is 0.869 bits per heavy atom. The average molecular weight is 1370 g/mol. The molecule has 99 heavy (non-hydrogen) atoms. The second-order valence-corrected chi connectivity index (χ2v) is 35.5. The molecule has 5 saturated heterocycles. The number of anilines is 5. The number of likely N-dealkylation sites (N-methyl/N-ethyl adjacent to an activating group) is 4. The van der Waals surface area contributed by atoms with Gasteiger partial charge in [-0.05, 0) is 203 Å². The third-order valence-corrected chi connectivity index (χ3v) is 22.7. The number of nitrogens with zero attached hydrogens (tertiary/aromatic N) is 15. The lowest BCUT2D eigenvalue weighted by Gasteiger charge is -2.38. The molecule has 5 aromatic rings. The molecule has 2 N–H and O–H groups in total. The first-order chi connectivity index (χ1) is 46.3. The predicted molar refractivity (Wildman–Crippen MR) is 423 cm³/mol. The lowest BCUT2D eigenvalue weighted by molar-refractivity contribution is 0.230. The van der Waals surface area contributed by atoms with Crippen molar-refractivity contribution in [3.63, 3.8) is 0 Å². The zero-order chi connectivity index (χ0) is 73.2. The van der Waals surface area contributed by atoms with Gasteiger partial charge in [0.15, 0.2) is 0 Å². The molecule has 10 heterocycles. The van der Waals surface area contributed by atoms with Crippen LogP contribution in [0.4, 0.5) is 29.4 Å². The summed E-state index contributed by atoms with van der Waals surface area (Å²) in [6, 6.07) is 15.1. The summed E-state index contributed by atoms with van der Waals surface area (Å²) in [5.41, 5.74) is 7.78. The summed E-state index contributed by atoms with van der Waals surface area (Å²) < 4.78 is 0. The van der Waals surface area contributed by atoms with E-state index in [4.69, 9.17) is 4.98 Å². The molecule has 0 radical (unpaired) electrons. The summed E-state index contributed by atoms with van der Waals surface area (Å²) in [6.07, 6.45) is 20.4. The van der Waals surface area contributed by atoms with E-state index < -0.39 is 0 Å². The minimum absolute atomic E-state index is 0.243. The molecule has 5 aliphatic heterocycles. The maximum Gasteiger partial charge on any atom is 0.225 e. The Labute approximate surface area is 604 Å². The van der Waals surface area contributed by atoms with E-state index in [1.165, 1.54) is 86.1 Å². The molecule has 5 aliphatic rings. The summed E-state index contributed by atoms with van der Waals surface area (Å²) in [4.78, 5) is 51.0. The molecule has 0 amide bonds. The van der Waals surface area contributed by atoms with Crippen molar-refractivity contribution in [2.75, 3.05) is 159 Å². The molecule has 0 aliphatic carbocycles. The number of hydrogen-bond acceptors (Lipinski definition) is 17. The molecule has 17 heteroatoms. The van der Waals surface area contributed by atoms with Crippen molar-refractivity contribution in [3.8, 4) is 0 Å². The maximum atomic E-state index is 4.76. The first-order valence-corrected chi connectivity index (χ1v) is 38.0. The second kappa shape index (κ2) is 37.0. The van der Waals surface area contributed by atoms with E-state index in [1.54, 1.807) is 0 Å². The molecule has 17 nitrogen and oxygen atoms in total. The van der Waals surface area contributed by atoms with Crippen LogP contribution in [-0.4, -0.2) is 211 Å². The Kier molecular flexibility index (Phi) is 30.8. The quantitative estimate of drug-likeness (QED) is 0.0967. The van der Waals surface area contributed by atoms with Crippen LogP contribution in [0.5, 0.6) is 0 Å². The number of hydrogen-bond donors (Lipinski definition) is 2. The molecule has 0 bridgehead atoms. The van der Waals surface area contributed by atoms with Crippen molar-refractivity contribution >= 4 is 29.4 Å². The minimum atomic E-state index is 0.243. The number of fused-ring (bicyclic) bond motifs is 1. The van der Waals surface area contributed by atoms with Crippen molar-refractivity contribution in [1.82, 2.24) is 59.4 Å². The van der Waals surface area contributed by atoms with Crippen molar-refractivity contribution < 1.29 is 0 Å². The van der Waals surface area contributed by atoms with Crippen LogP contribution < -0.4 is 25.3 Å². The molecule has 7 atom stereocenters. The van der Waals surface area contributed by atoms with Gasteiger partial charge in [-0.1, -0.05) is 157 Å². The Morgan fingerprint density at radius 3 is 1.31 bits per heavy atom. The topological polar surface area (TPSA) is 140 Å². The highest BCUT2D eigenvalue weighted by Crippen LogP contribution is 2.39. The van der Waals surface area contributed by atoms with Gasteiger partial charge in [0.05, 0.1) is 0 Å². The fraction of sp³-hybridized carbons (Fsp3) is 0.720. The van der Waals surface area contributed by atoms with Crippen LogP contribution >= 0.6 is 0 Å². The standard InChI is InChI=1S/C18H29N3.C17H29N3.C17H31N3.2C15H26N4/c1-14(18(2,3)4)15-7-8-17(19-12-15)21-11-10-20-9-5-6-16(20)13-21;1-13(17(2,3)4)14-6-7-16(18-12-14)19-15-8-10-20(5)11-9-15;1-8-20(12-11-19(6)7)16-10-9-15(13-18-16)14(2)17(3,4)5;1-12(15(2,3)4)13-10-16-14(17-11-13)19-8-6-18(5)7-9-19;1-11(15(2,3)4)12-8-16-14(17-9-12)18-13-6-7-19(5)10-13/h7-8,12,14,16H,5-6,9-11,13H2,1-4H3;6-7,12-13,15H,8-11H2,1-5H3,(H,18,19);9-10,13-14H,8,11-12H2,1-7H3;10-12H,6-9H2,1-5H3;8-9,11,13H,6-7,10H2,1-5H3,(H,16,17,18)/t14-,16-;;14-;12-;11?,13-/m1.110/s1. The monoisotopic (exact) mass is 1360 g/mol. The maximum absolute atomic E-state index is 4.76. The van der Waals surface area contributed by atoms with Crippen LogP contribution in [0.2, 0.25) is 0 Å². The molecular weight excluding hydrogens is 1220 g/mol. The van der Waals surface area contributed by atoms with Crippen LogP contribution in [0.15, 0.2) is 79.8 Å². The number of piperazine rings is 2. The number of rotatable bonds is 16. The van der Waals surface area contributed by atoms with E-state index in [0.29, 0.717) is 47.1 Å². The van der Waals surface area contributed by atoms with Gasteiger partial charge in [0.1, 0.15) is 17.5 Å². The van der Waals surface area contributed by atoms with Gasteiger partial charge in [0, 0.05) is 133 Å². The molecule has 5 aromatic heterocycles. The largest absolute Gasteiger partial charge is 0.367 e. The number of likely N-dealkylation sites (tertiary alicyclic amines) is 2. The third kappa shape index (κ3) is 26.3. The molecule has 0 spiro atoms. The van der Waals surface area contributed by atoms with Crippen LogP contribution in [0, 0.1) is 27.1 Å². The smallest absolute Gasteiger partial charge is 0.225 e. The SMILES string of the molecule is CC(c1ccc(NC2CCN(C)CC2)nc1)C(C)(C)C.CC(c1cnc(N[C@H]2CCN(C)C2)nc1)C(C)(C)C.CCN(CCN(C)C)c1ccc([C@@H](C)C(C)(C)C)cn1.C[C@H](c1ccc(N2CCN3CCC[C@@H]3C2)nc1)C(C)(C)C.C[C@H](c1cnc(N2CCN(C)CC2)nc1)C(C)(C)C. The summed E-state index contributed by atoms with van der Waals surface area (Å²) in [6.45, 7) is 64.2. The number of aromatic nitrogens is 7. The Bertz CT molecular complexity index is 3050. The van der Waals surface area contributed by atoms with Crippen LogP contribution in [0.1, 0.15) is 235 Å². The van der Waals surface area contributed by atoms with Gasteiger partial charge in [-0.25, -0.2) is 34.9 Å². The van der Waals surface area contributed by atoms with E-state index in [9.17, 15) is 0 Å². The van der Waals surface area contributed by atoms with Gasteiger partial charge in [-0.3, -0.25) is 4.90 Å². The normalized spacial score (nSPS) is 20.1. The molecule has 554 valence electrons. The summed E-state index contributed by atoms with van der Waals surface area (Å²) in [5.74, 6) is 7.38. The van der Waals surface area contributed by atoms with Crippen molar-refractivity contribution in [2.45, 2.75) is 225 Å². The average Bonchev–Trinajstić information content (AvgIpc) is 1.79. The fourth-order valence-corrected chi connectivity index (χ4v) is 12.8. The minimum Gasteiger partial charge on any atom is -0.367 e. The second-order valence-electron chi connectivity index (χ2n) is 35.5. The van der Waals surface area contributed by atoms with E-state index in [1.807, 2.05) is 37.2 Å². The highest BCUT2D eigenvalue weighted by atomic mass is 15.3. The molecular formula is C82H141N17. The Hall–Kier alpha value is -5.59. The van der Waals surface area contributed by atoms with E-state index in [2.05, 4.69) is 303 Å². The first kappa shape index (κ1) is 82.4. The van der Waals surface area contributed by atoms with E-state index in [-0.39, 0.29) is 21.7 Å². The predicted octanol–water partition coefficient (Wildman–Crippen LogP) is 16.0. The van der Waals surface area contributed by atoms with Gasteiger partial charge < -0.3 is 44.9 Å². The van der Waals surface area contributed by atoms with Gasteiger partial charge >= 0.3 is 0 Å². The zero-order valence-corrected chi connectivity index (χ0v) is 67.5. The van der Waals surface area contributed by atoms with Crippen LogP contribution in [-0.2, 0) is 0 Å². The van der Waals surface area contributed by atoms with Crippen molar-refractivity contribution in [2.24, 2.45) is 27.1 Å². The lowest BCUT2D eigenvalue weighted by atomic mass is 9.78. The molecule has 5 fully saturated rings. The summed E-state index contributed by atoms with van der Waals surface area (Å²) >= 11 is 0. The number of nitrogens with one attached hydrogen (secondary N) is 2. The molecule has 2 unspecified atom stereocenters. The lowest BCUT2D eigenvalue weighted by Crippen LogP contribution is -2.50. The highest BCUT2D eigenvalue weighted by Gasteiger charge is 2.32. The van der Waals surface area contributed by atoms with Crippen molar-refractivity contribution in [1.29, 1.82) is 0 Å². The Balaban J connectivity index is 0.000000195. The van der Waals surface area contributed by atoms with Crippen LogP contribution in [0.3, 0.4) is 0 Å². The first-order valence-electron chi connectivity index (χ1n) is 38.0. The van der Waals surface area contributed by atoms with Crippen molar-refractivity contribution in [3.05, 3.63) is 108 Å². The van der Waals surface area contributed by atoms with E-state index in [0.717, 1.165) is 107 Å². The van der Waals surface area contributed by atoms with Crippen LogP contribution in [0.25, 0.3) is 0 Å². The number of piperidine rings is 1. The summed E-state index contributed by atoms with van der Waals surface area (Å²) in [5, 5.41) is 6.98. The Morgan fingerprint density at radius 1 is 0.424 bits per heavy atom. The highest BCUT2D eigenvalue weighted by molar-refractivity contribution is 5.43. The molecule has 0 aromatic carbocycles. The summed E-state index contributed by atoms with van der Waals surface area (Å²) in [7, 11) is 10.7. The van der Waals surface area contributed by atoms with Gasteiger partial charge in [-0.15, -0.1) is 0 Å². The van der Waals surface area contributed by atoms with Gasteiger partial charge in [-0.2, -0.15) is 0 Å². The fourth-order valence-electron chi connectivity index (χ4n) is 12.8. The van der Waals surface area contributed by atoms with Gasteiger partial charge in [0.2, 0.25) is 11.9 Å².